The van der Waals surface area contributed by atoms with Crippen LogP contribution in [-0.2, 0) is 12.0 Å². The molecule has 18 heavy (non-hydrogen) atoms. The average Bonchev–Trinajstić information content (AvgIpc) is 2.76. The molecule has 0 aromatic carbocycles. The fourth-order valence-electron chi connectivity index (χ4n) is 1.62. The molecule has 0 aliphatic heterocycles. The molecule has 0 unspecified atom stereocenters. The quantitative estimate of drug-likeness (QED) is 0.729. The number of unbranched alkanes of at least 4 members (excludes halogenated alkanes) is 2. The van der Waals surface area contributed by atoms with E-state index < -0.39 is 0 Å². The zero-order valence-electron chi connectivity index (χ0n) is 12.1. The summed E-state index contributed by atoms with van der Waals surface area (Å²) in [6.45, 7) is 8.74. The lowest BCUT2D eigenvalue weighted by atomic mass is 9.98. The second-order valence-electron chi connectivity index (χ2n) is 5.61. The Morgan fingerprint density at radius 2 is 2.06 bits per heavy atom. The maximum Gasteiger partial charge on any atom is 0.0981 e. The lowest BCUT2D eigenvalue weighted by Crippen LogP contribution is -2.13. The highest BCUT2D eigenvalue weighted by Gasteiger charge is 2.17. The molecule has 0 amide bonds. The number of thiazole rings is 1. The molecule has 0 fully saturated rings. The van der Waals surface area contributed by atoms with Crippen LogP contribution in [0.2, 0.25) is 0 Å². The molecular formula is C14H26N2S2. The van der Waals surface area contributed by atoms with Crippen LogP contribution in [0.25, 0.3) is 0 Å². The molecule has 1 rings (SSSR count). The van der Waals surface area contributed by atoms with Crippen molar-refractivity contribution in [1.29, 1.82) is 0 Å². The Kier molecular flexibility index (Phi) is 7.27. The van der Waals surface area contributed by atoms with Gasteiger partial charge in [0.1, 0.15) is 0 Å². The van der Waals surface area contributed by atoms with Gasteiger partial charge < -0.3 is 5.32 Å². The summed E-state index contributed by atoms with van der Waals surface area (Å²) in [5.41, 5.74) is 0.181. The highest BCUT2D eigenvalue weighted by Crippen LogP contribution is 2.26. The van der Waals surface area contributed by atoms with Crippen LogP contribution in [0.15, 0.2) is 6.20 Å². The predicted molar refractivity (Wildman–Crippen MR) is 84.8 cm³/mol. The molecule has 1 heterocycles. The molecular weight excluding hydrogens is 260 g/mol. The van der Waals surface area contributed by atoms with E-state index >= 15 is 0 Å². The summed E-state index contributed by atoms with van der Waals surface area (Å²) in [4.78, 5) is 5.85. The zero-order valence-corrected chi connectivity index (χ0v) is 13.7. The van der Waals surface area contributed by atoms with Crippen molar-refractivity contribution in [2.75, 3.05) is 18.6 Å². The SMILES string of the molecule is CSCCCCCNCc1cnc(C(C)(C)C)s1. The molecule has 1 aromatic rings. The van der Waals surface area contributed by atoms with E-state index in [0.29, 0.717) is 0 Å². The number of hydrogen-bond acceptors (Lipinski definition) is 4. The van der Waals surface area contributed by atoms with Gasteiger partial charge in [-0.15, -0.1) is 11.3 Å². The Bertz CT molecular complexity index is 329. The molecule has 4 heteroatoms. The van der Waals surface area contributed by atoms with Crippen LogP contribution in [0.1, 0.15) is 49.9 Å². The van der Waals surface area contributed by atoms with E-state index in [1.54, 1.807) is 0 Å². The van der Waals surface area contributed by atoms with Crippen LogP contribution in [0.5, 0.6) is 0 Å². The maximum absolute atomic E-state index is 4.50. The van der Waals surface area contributed by atoms with E-state index in [1.165, 1.54) is 34.9 Å². The minimum atomic E-state index is 0.181. The summed E-state index contributed by atoms with van der Waals surface area (Å²) < 4.78 is 0. The molecule has 0 spiro atoms. The first-order valence-corrected chi connectivity index (χ1v) is 8.90. The number of hydrogen-bond donors (Lipinski definition) is 1. The van der Waals surface area contributed by atoms with E-state index in [1.807, 2.05) is 29.3 Å². The first-order valence-electron chi connectivity index (χ1n) is 6.69. The van der Waals surface area contributed by atoms with Crippen molar-refractivity contribution in [3.05, 3.63) is 16.1 Å². The minimum Gasteiger partial charge on any atom is -0.312 e. The van der Waals surface area contributed by atoms with Gasteiger partial charge in [0.15, 0.2) is 0 Å². The summed E-state index contributed by atoms with van der Waals surface area (Å²) in [6.07, 6.45) is 8.16. The van der Waals surface area contributed by atoms with Gasteiger partial charge >= 0.3 is 0 Å². The highest BCUT2D eigenvalue weighted by molar-refractivity contribution is 7.98. The van der Waals surface area contributed by atoms with E-state index in [2.05, 4.69) is 37.3 Å². The van der Waals surface area contributed by atoms with Crippen molar-refractivity contribution in [1.82, 2.24) is 10.3 Å². The van der Waals surface area contributed by atoms with Crippen LogP contribution >= 0.6 is 23.1 Å². The van der Waals surface area contributed by atoms with Gasteiger partial charge in [-0.2, -0.15) is 11.8 Å². The van der Waals surface area contributed by atoms with Crippen LogP contribution in [0.4, 0.5) is 0 Å². The average molecular weight is 287 g/mol. The van der Waals surface area contributed by atoms with Crippen molar-refractivity contribution >= 4 is 23.1 Å². The van der Waals surface area contributed by atoms with Crippen molar-refractivity contribution in [3.63, 3.8) is 0 Å². The van der Waals surface area contributed by atoms with Crippen molar-refractivity contribution in [2.24, 2.45) is 0 Å². The number of nitrogens with zero attached hydrogens (tertiary/aromatic N) is 1. The van der Waals surface area contributed by atoms with Crippen LogP contribution < -0.4 is 5.32 Å². The molecule has 104 valence electrons. The summed E-state index contributed by atoms with van der Waals surface area (Å²) in [6, 6.07) is 0. The zero-order chi connectivity index (χ0) is 13.4. The second-order valence-corrected chi connectivity index (χ2v) is 7.71. The molecule has 0 bridgehead atoms. The van der Waals surface area contributed by atoms with E-state index in [0.717, 1.165) is 13.1 Å². The van der Waals surface area contributed by atoms with E-state index in [9.17, 15) is 0 Å². The molecule has 1 aromatic heterocycles. The molecule has 0 aliphatic carbocycles. The van der Waals surface area contributed by atoms with Gasteiger partial charge in [-0.25, -0.2) is 4.98 Å². The summed E-state index contributed by atoms with van der Waals surface area (Å²) >= 11 is 3.78. The van der Waals surface area contributed by atoms with Gasteiger partial charge in [-0.05, 0) is 31.4 Å². The molecule has 0 saturated carbocycles. The molecule has 0 saturated heterocycles. The van der Waals surface area contributed by atoms with E-state index in [4.69, 9.17) is 0 Å². The van der Waals surface area contributed by atoms with E-state index in [-0.39, 0.29) is 5.41 Å². The van der Waals surface area contributed by atoms with Crippen molar-refractivity contribution < 1.29 is 0 Å². The van der Waals surface area contributed by atoms with Gasteiger partial charge in [0.25, 0.3) is 0 Å². The van der Waals surface area contributed by atoms with Crippen molar-refractivity contribution in [2.45, 2.75) is 52.0 Å². The Morgan fingerprint density at radius 3 is 2.67 bits per heavy atom. The number of aromatic nitrogens is 1. The highest BCUT2D eigenvalue weighted by atomic mass is 32.2. The molecule has 2 nitrogen and oxygen atoms in total. The Morgan fingerprint density at radius 1 is 1.28 bits per heavy atom. The Balaban J connectivity index is 2.14. The molecule has 1 N–H and O–H groups in total. The largest absolute Gasteiger partial charge is 0.312 e. The normalized spacial score (nSPS) is 12.0. The number of thioether (sulfide) groups is 1. The van der Waals surface area contributed by atoms with Gasteiger partial charge in [0.05, 0.1) is 5.01 Å². The summed E-state index contributed by atoms with van der Waals surface area (Å²) in [5.74, 6) is 1.30. The summed E-state index contributed by atoms with van der Waals surface area (Å²) in [7, 11) is 0. The topological polar surface area (TPSA) is 24.9 Å². The van der Waals surface area contributed by atoms with Crippen LogP contribution in [0.3, 0.4) is 0 Å². The molecule has 0 aliphatic rings. The third-order valence-corrected chi connectivity index (χ3v) is 4.82. The van der Waals surface area contributed by atoms with Gasteiger partial charge in [0, 0.05) is 23.0 Å². The van der Waals surface area contributed by atoms with Crippen LogP contribution in [-0.4, -0.2) is 23.5 Å². The predicted octanol–water partition coefficient (Wildman–Crippen LogP) is 4.06. The van der Waals surface area contributed by atoms with Crippen LogP contribution in [0, 0.1) is 0 Å². The van der Waals surface area contributed by atoms with Gasteiger partial charge in [0.2, 0.25) is 0 Å². The Hall–Kier alpha value is -0.0600. The first kappa shape index (κ1) is 16.0. The number of nitrogens with one attached hydrogen (secondary N) is 1. The fourth-order valence-corrected chi connectivity index (χ4v) is 3.05. The first-order chi connectivity index (χ1) is 8.54. The van der Waals surface area contributed by atoms with Gasteiger partial charge in [-0.1, -0.05) is 27.2 Å². The second kappa shape index (κ2) is 8.18. The maximum atomic E-state index is 4.50. The standard InChI is InChI=1S/C14H26N2S2/c1-14(2,3)13-16-11-12(18-13)10-15-8-6-5-7-9-17-4/h11,15H,5-10H2,1-4H3. The summed E-state index contributed by atoms with van der Waals surface area (Å²) in [5, 5.41) is 4.74. The third kappa shape index (κ3) is 6.21. The monoisotopic (exact) mass is 286 g/mol. The van der Waals surface area contributed by atoms with Gasteiger partial charge in [-0.3, -0.25) is 0 Å². The van der Waals surface area contributed by atoms with Crippen molar-refractivity contribution in [3.8, 4) is 0 Å². The fraction of sp³-hybridized carbons (Fsp3) is 0.786. The number of rotatable bonds is 8. The molecule has 0 atom stereocenters. The lowest BCUT2D eigenvalue weighted by Gasteiger charge is -2.13. The Labute approximate surface area is 120 Å². The smallest absolute Gasteiger partial charge is 0.0981 e. The minimum absolute atomic E-state index is 0.181. The molecule has 0 radical (unpaired) electrons. The third-order valence-electron chi connectivity index (χ3n) is 2.70. The lowest BCUT2D eigenvalue weighted by molar-refractivity contribution is 0.585.